The van der Waals surface area contributed by atoms with Crippen molar-refractivity contribution in [3.8, 4) is 0 Å². The summed E-state index contributed by atoms with van der Waals surface area (Å²) >= 11 is 5.92. The molecule has 2 atom stereocenters. The second-order valence-corrected chi connectivity index (χ2v) is 8.18. The quantitative estimate of drug-likeness (QED) is 0.293. The highest BCUT2D eigenvalue weighted by Crippen LogP contribution is 2.37. The zero-order valence-corrected chi connectivity index (χ0v) is 18.6. The summed E-state index contributed by atoms with van der Waals surface area (Å²) in [5, 5.41) is 0.219. The summed E-state index contributed by atoms with van der Waals surface area (Å²) in [7, 11) is 0. The highest BCUT2D eigenvalue weighted by Gasteiger charge is 2.47. The molecule has 1 aliphatic heterocycles. The van der Waals surface area contributed by atoms with Crippen molar-refractivity contribution in [3.63, 3.8) is 0 Å². The normalized spacial score (nSPS) is 18.9. The summed E-state index contributed by atoms with van der Waals surface area (Å²) in [5.74, 6) is -3.35. The van der Waals surface area contributed by atoms with Gasteiger partial charge in [0, 0.05) is 0 Å². The largest absolute Gasteiger partial charge is 0.452 e. The first-order valence-electron chi connectivity index (χ1n) is 10.5. The van der Waals surface area contributed by atoms with Crippen LogP contribution in [0.15, 0.2) is 60.7 Å². The Bertz CT molecular complexity index is 1170. The van der Waals surface area contributed by atoms with Gasteiger partial charge in [-0.2, -0.15) is 0 Å². The number of fused-ring (bicyclic) bond motifs is 1. The van der Waals surface area contributed by atoms with Gasteiger partial charge in [0.25, 0.3) is 11.8 Å². The van der Waals surface area contributed by atoms with Gasteiger partial charge >= 0.3 is 5.97 Å². The Labute approximate surface area is 199 Å². The average molecular weight is 482 g/mol. The van der Waals surface area contributed by atoms with Crippen molar-refractivity contribution in [1.29, 1.82) is 0 Å². The van der Waals surface area contributed by atoms with Crippen LogP contribution in [0.2, 0.25) is 5.02 Å². The number of nitrogens with one attached hydrogen (secondary N) is 2. The third-order valence-electron chi connectivity index (χ3n) is 5.64. The molecule has 0 bridgehead atoms. The monoisotopic (exact) mass is 481 g/mol. The van der Waals surface area contributed by atoms with Crippen LogP contribution >= 0.6 is 11.6 Å². The molecule has 1 aliphatic carbocycles. The number of esters is 1. The van der Waals surface area contributed by atoms with Crippen LogP contribution in [0.5, 0.6) is 0 Å². The molecule has 4 rings (SSSR count). The highest BCUT2D eigenvalue weighted by atomic mass is 35.5. The number of halogens is 1. The van der Waals surface area contributed by atoms with Gasteiger partial charge in [-0.15, -0.1) is 0 Å². The Balaban J connectivity index is 1.29. The second kappa shape index (κ2) is 9.88. The fraction of sp³-hybridized carbons (Fsp3) is 0.208. The summed E-state index contributed by atoms with van der Waals surface area (Å²) < 4.78 is 4.95. The van der Waals surface area contributed by atoms with Gasteiger partial charge in [0.2, 0.25) is 11.8 Å². The molecule has 1 saturated heterocycles. The number of hydrogen-bond acceptors (Lipinski definition) is 6. The van der Waals surface area contributed by atoms with Crippen molar-refractivity contribution >= 4 is 46.9 Å². The first-order valence-corrected chi connectivity index (χ1v) is 10.9. The lowest BCUT2D eigenvalue weighted by molar-refractivity contribution is -0.125. The van der Waals surface area contributed by atoms with Crippen LogP contribution in [0, 0.1) is 11.8 Å². The zero-order chi connectivity index (χ0) is 24.2. The average Bonchev–Trinajstić information content (AvgIpc) is 3.11. The number of hydrogen-bond donors (Lipinski definition) is 2. The van der Waals surface area contributed by atoms with Crippen molar-refractivity contribution in [2.75, 3.05) is 11.5 Å². The number of imide groups is 1. The lowest BCUT2D eigenvalue weighted by atomic mass is 9.85. The Morgan fingerprint density at radius 3 is 2.15 bits per heavy atom. The van der Waals surface area contributed by atoms with Gasteiger partial charge in [0.1, 0.15) is 0 Å². The topological polar surface area (TPSA) is 122 Å². The van der Waals surface area contributed by atoms with Gasteiger partial charge in [-0.3, -0.25) is 34.9 Å². The minimum Gasteiger partial charge on any atom is -0.452 e. The van der Waals surface area contributed by atoms with Crippen molar-refractivity contribution < 1.29 is 28.7 Å². The van der Waals surface area contributed by atoms with Gasteiger partial charge in [0.15, 0.2) is 6.61 Å². The molecule has 0 saturated carbocycles. The van der Waals surface area contributed by atoms with Crippen LogP contribution in [-0.4, -0.2) is 36.2 Å². The Kier molecular flexibility index (Phi) is 6.74. The SMILES string of the molecule is O=C(COC(=O)c1ccc(N2C(=O)[C@H]3CC=CC[C@H]3C2=O)cc1)NNC(=O)c1ccccc1Cl. The van der Waals surface area contributed by atoms with E-state index in [9.17, 15) is 24.0 Å². The van der Waals surface area contributed by atoms with Crippen LogP contribution in [0.3, 0.4) is 0 Å². The molecule has 0 unspecified atom stereocenters. The lowest BCUT2D eigenvalue weighted by Gasteiger charge is -2.15. The highest BCUT2D eigenvalue weighted by molar-refractivity contribution is 6.33. The van der Waals surface area contributed by atoms with E-state index in [4.69, 9.17) is 16.3 Å². The van der Waals surface area contributed by atoms with Gasteiger partial charge in [-0.05, 0) is 49.2 Å². The Morgan fingerprint density at radius 2 is 1.53 bits per heavy atom. The van der Waals surface area contributed by atoms with Gasteiger partial charge in [-0.1, -0.05) is 35.9 Å². The van der Waals surface area contributed by atoms with Crippen molar-refractivity contribution in [1.82, 2.24) is 10.9 Å². The standard InChI is InChI=1S/C24H20ClN3O6/c25-19-8-4-3-7-18(19)21(30)27-26-20(29)13-34-24(33)14-9-11-15(12-10-14)28-22(31)16-5-1-2-6-17(16)23(28)32/h1-4,7-12,16-17H,5-6,13H2,(H,26,29)(H,27,30)/t16-,17+. The van der Waals surface area contributed by atoms with E-state index in [1.165, 1.54) is 36.4 Å². The van der Waals surface area contributed by atoms with Crippen molar-refractivity contribution in [3.05, 3.63) is 76.8 Å². The summed E-state index contributed by atoms with van der Waals surface area (Å²) in [6.07, 6.45) is 4.90. The van der Waals surface area contributed by atoms with Gasteiger partial charge in [-0.25, -0.2) is 4.79 Å². The summed E-state index contributed by atoms with van der Waals surface area (Å²) in [6.45, 7) is -0.636. The van der Waals surface area contributed by atoms with E-state index >= 15 is 0 Å². The second-order valence-electron chi connectivity index (χ2n) is 7.77. The molecule has 2 aromatic carbocycles. The maximum absolute atomic E-state index is 12.7. The predicted octanol–water partition coefficient (Wildman–Crippen LogP) is 2.41. The third-order valence-corrected chi connectivity index (χ3v) is 5.97. The number of anilines is 1. The minimum absolute atomic E-state index is 0.134. The molecule has 0 aromatic heterocycles. The van der Waals surface area contributed by atoms with E-state index in [0.717, 1.165) is 4.90 Å². The maximum atomic E-state index is 12.7. The van der Waals surface area contributed by atoms with Gasteiger partial charge < -0.3 is 4.74 Å². The molecule has 0 spiro atoms. The van der Waals surface area contributed by atoms with Crippen LogP contribution in [0.25, 0.3) is 0 Å². The van der Waals surface area contributed by atoms with Crippen LogP contribution in [0.4, 0.5) is 5.69 Å². The van der Waals surface area contributed by atoms with E-state index in [1.54, 1.807) is 12.1 Å². The fourth-order valence-corrected chi connectivity index (χ4v) is 4.11. The predicted molar refractivity (Wildman–Crippen MR) is 122 cm³/mol. The van der Waals surface area contributed by atoms with Crippen LogP contribution < -0.4 is 15.8 Å². The van der Waals surface area contributed by atoms with Crippen molar-refractivity contribution in [2.45, 2.75) is 12.8 Å². The molecule has 0 radical (unpaired) electrons. The number of benzene rings is 2. The summed E-state index contributed by atoms with van der Waals surface area (Å²) in [4.78, 5) is 62.7. The molecular weight excluding hydrogens is 462 g/mol. The van der Waals surface area contributed by atoms with Crippen LogP contribution in [0.1, 0.15) is 33.6 Å². The smallest absolute Gasteiger partial charge is 0.338 e. The molecule has 2 aliphatic rings. The van der Waals surface area contributed by atoms with E-state index in [2.05, 4.69) is 10.9 Å². The van der Waals surface area contributed by atoms with Crippen molar-refractivity contribution in [2.24, 2.45) is 11.8 Å². The molecule has 9 nitrogen and oxygen atoms in total. The number of carbonyl (C=O) groups is 5. The van der Waals surface area contributed by atoms with Crippen LogP contribution in [-0.2, 0) is 19.1 Å². The summed E-state index contributed by atoms with van der Waals surface area (Å²) in [5.41, 5.74) is 5.00. The first kappa shape index (κ1) is 23.2. The Morgan fingerprint density at radius 1 is 0.912 bits per heavy atom. The molecule has 2 aromatic rings. The zero-order valence-electron chi connectivity index (χ0n) is 17.8. The van der Waals surface area contributed by atoms with E-state index in [-0.39, 0.29) is 39.8 Å². The molecule has 2 N–H and O–H groups in total. The summed E-state index contributed by atoms with van der Waals surface area (Å²) in [6, 6.07) is 12.1. The van der Waals surface area contributed by atoms with E-state index in [0.29, 0.717) is 18.5 Å². The lowest BCUT2D eigenvalue weighted by Crippen LogP contribution is -2.43. The molecule has 4 amide bonds. The third kappa shape index (κ3) is 4.69. The van der Waals surface area contributed by atoms with Gasteiger partial charge in [0.05, 0.1) is 33.7 Å². The fourth-order valence-electron chi connectivity index (χ4n) is 3.89. The number of amides is 4. The van der Waals surface area contributed by atoms with E-state index in [1.807, 2.05) is 12.2 Å². The number of hydrazine groups is 1. The number of nitrogens with zero attached hydrogens (tertiary/aromatic N) is 1. The molecule has 1 fully saturated rings. The molecule has 1 heterocycles. The molecule has 10 heteroatoms. The Hall–Kier alpha value is -3.98. The number of allylic oxidation sites excluding steroid dienone is 2. The number of rotatable bonds is 5. The number of carbonyl (C=O) groups excluding carboxylic acids is 5. The van der Waals surface area contributed by atoms with E-state index < -0.39 is 24.4 Å². The minimum atomic E-state index is -0.781. The number of ether oxygens (including phenoxy) is 1. The molecular formula is C24H20ClN3O6. The first-order chi connectivity index (χ1) is 16.4. The maximum Gasteiger partial charge on any atom is 0.338 e. The molecule has 174 valence electrons. The molecule has 34 heavy (non-hydrogen) atoms.